The van der Waals surface area contributed by atoms with E-state index < -0.39 is 0 Å². The second-order valence-electron chi connectivity index (χ2n) is 6.56. The molecule has 1 aliphatic rings. The summed E-state index contributed by atoms with van der Waals surface area (Å²) < 4.78 is 5.10. The van der Waals surface area contributed by atoms with Crippen molar-refractivity contribution < 1.29 is 14.3 Å². The highest BCUT2D eigenvalue weighted by Gasteiger charge is 2.28. The van der Waals surface area contributed by atoms with Gasteiger partial charge in [-0.1, -0.05) is 17.7 Å². The van der Waals surface area contributed by atoms with Gasteiger partial charge in [0.2, 0.25) is 0 Å². The number of esters is 1. The fourth-order valence-corrected chi connectivity index (χ4v) is 3.33. The maximum absolute atomic E-state index is 12.3. The lowest BCUT2D eigenvalue weighted by molar-refractivity contribution is -0.148. The first-order valence-corrected chi connectivity index (χ1v) is 9.71. The Morgan fingerprint density at radius 2 is 2.07 bits per heavy atom. The molecule has 1 aliphatic heterocycles. The van der Waals surface area contributed by atoms with Crippen molar-refractivity contribution in [3.05, 3.63) is 41.2 Å². The van der Waals surface area contributed by atoms with Crippen molar-refractivity contribution in [1.82, 2.24) is 15.4 Å². The molecule has 0 saturated carbocycles. The number of nitrogens with one attached hydrogen (secondary N) is 2. The van der Waals surface area contributed by atoms with Crippen LogP contribution in [0.25, 0.3) is 0 Å². The van der Waals surface area contributed by atoms with Gasteiger partial charge in [-0.2, -0.15) is 0 Å². The van der Waals surface area contributed by atoms with Gasteiger partial charge in [0.15, 0.2) is 11.6 Å². The van der Waals surface area contributed by atoms with Crippen LogP contribution in [0.4, 0.5) is 17.3 Å². The monoisotopic (exact) mass is 418 g/mol. The number of benzene rings is 1. The third-order valence-electron chi connectivity index (χ3n) is 4.66. The van der Waals surface area contributed by atoms with E-state index in [-0.39, 0.29) is 23.6 Å². The van der Waals surface area contributed by atoms with E-state index in [0.717, 1.165) is 0 Å². The standard InChI is InChI=1S/C19H23ClN6O3/c1-2-29-19(28)12-6-8-26(9-7-12)17-15(21)16(22-11-23-17)24-25-18(27)13-4-3-5-14(20)10-13/h3-5,10-12H,2,6-9,21H2,1H3,(H,25,27)(H,22,23,24). The van der Waals surface area contributed by atoms with Crippen LogP contribution in [0.3, 0.4) is 0 Å². The molecule has 1 saturated heterocycles. The second kappa shape index (κ2) is 9.42. The summed E-state index contributed by atoms with van der Waals surface area (Å²) in [6.07, 6.45) is 2.70. The smallest absolute Gasteiger partial charge is 0.309 e. The molecule has 0 radical (unpaired) electrons. The number of piperidine rings is 1. The molecule has 4 N–H and O–H groups in total. The predicted octanol–water partition coefficient (Wildman–Crippen LogP) is 2.25. The van der Waals surface area contributed by atoms with Gasteiger partial charge in [-0.15, -0.1) is 0 Å². The topological polar surface area (TPSA) is 122 Å². The Hall–Kier alpha value is -3.07. The second-order valence-corrected chi connectivity index (χ2v) is 7.00. The van der Waals surface area contributed by atoms with Gasteiger partial charge >= 0.3 is 5.97 Å². The lowest BCUT2D eigenvalue weighted by Crippen LogP contribution is -2.38. The van der Waals surface area contributed by atoms with Crippen LogP contribution < -0.4 is 21.5 Å². The number of halogens is 1. The number of rotatable bonds is 6. The molecule has 10 heteroatoms. The molecule has 1 aromatic carbocycles. The third-order valence-corrected chi connectivity index (χ3v) is 4.89. The van der Waals surface area contributed by atoms with Crippen molar-refractivity contribution in [2.75, 3.05) is 35.8 Å². The van der Waals surface area contributed by atoms with Gasteiger partial charge in [0.25, 0.3) is 5.91 Å². The summed E-state index contributed by atoms with van der Waals surface area (Å²) >= 11 is 5.91. The zero-order valence-electron chi connectivity index (χ0n) is 16.0. The number of nitrogens with zero attached hydrogens (tertiary/aromatic N) is 3. The summed E-state index contributed by atoms with van der Waals surface area (Å²) in [6.45, 7) is 3.43. The van der Waals surface area contributed by atoms with Gasteiger partial charge in [-0.25, -0.2) is 9.97 Å². The molecule has 154 valence electrons. The number of nitrogens with two attached hydrogens (primary N) is 1. The summed E-state index contributed by atoms with van der Waals surface area (Å²) in [6, 6.07) is 6.58. The number of anilines is 3. The summed E-state index contributed by atoms with van der Waals surface area (Å²) in [4.78, 5) is 34.5. The molecular weight excluding hydrogens is 396 g/mol. The largest absolute Gasteiger partial charge is 0.466 e. The van der Waals surface area contributed by atoms with Gasteiger partial charge < -0.3 is 15.4 Å². The van der Waals surface area contributed by atoms with Crippen molar-refractivity contribution in [2.24, 2.45) is 5.92 Å². The molecule has 1 fully saturated rings. The molecule has 1 aromatic heterocycles. The van der Waals surface area contributed by atoms with Crippen LogP contribution >= 0.6 is 11.6 Å². The Kier molecular flexibility index (Phi) is 6.71. The molecule has 2 aromatic rings. The van der Waals surface area contributed by atoms with Gasteiger partial charge in [-0.05, 0) is 38.0 Å². The van der Waals surface area contributed by atoms with Gasteiger partial charge in [0, 0.05) is 23.7 Å². The molecule has 0 unspecified atom stereocenters. The first-order chi connectivity index (χ1) is 14.0. The number of ether oxygens (including phenoxy) is 1. The zero-order chi connectivity index (χ0) is 20.8. The van der Waals surface area contributed by atoms with Crippen LogP contribution in [0.15, 0.2) is 30.6 Å². The van der Waals surface area contributed by atoms with E-state index in [4.69, 9.17) is 22.1 Å². The number of carbonyl (C=O) groups is 2. The minimum Gasteiger partial charge on any atom is -0.466 e. The number of amides is 1. The summed E-state index contributed by atoms with van der Waals surface area (Å²) in [5, 5.41) is 0.465. The highest BCUT2D eigenvalue weighted by molar-refractivity contribution is 6.30. The van der Waals surface area contributed by atoms with Gasteiger partial charge in [0.1, 0.15) is 12.0 Å². The van der Waals surface area contributed by atoms with Gasteiger partial charge in [0.05, 0.1) is 12.5 Å². The Morgan fingerprint density at radius 3 is 2.76 bits per heavy atom. The summed E-state index contributed by atoms with van der Waals surface area (Å²) in [5.74, 6) is 0.208. The average molecular weight is 419 g/mol. The molecule has 29 heavy (non-hydrogen) atoms. The SMILES string of the molecule is CCOC(=O)C1CCN(c2ncnc(NNC(=O)c3cccc(Cl)c3)c2N)CC1. The maximum Gasteiger partial charge on any atom is 0.309 e. The Bertz CT molecular complexity index is 886. The quantitative estimate of drug-likeness (QED) is 0.482. The first kappa shape index (κ1) is 20.7. The van der Waals surface area contributed by atoms with Crippen molar-refractivity contribution in [2.45, 2.75) is 19.8 Å². The first-order valence-electron chi connectivity index (χ1n) is 9.33. The number of hydrazine groups is 1. The Balaban J connectivity index is 1.63. The van der Waals surface area contributed by atoms with Crippen LogP contribution in [0, 0.1) is 5.92 Å². The lowest BCUT2D eigenvalue weighted by Gasteiger charge is -2.32. The minimum absolute atomic E-state index is 0.108. The molecule has 0 atom stereocenters. The average Bonchev–Trinajstić information content (AvgIpc) is 2.73. The summed E-state index contributed by atoms with van der Waals surface area (Å²) in [5.41, 5.74) is 12.2. The van der Waals surface area contributed by atoms with Crippen LogP contribution in [-0.4, -0.2) is 41.5 Å². The number of aromatic nitrogens is 2. The molecule has 0 bridgehead atoms. The lowest BCUT2D eigenvalue weighted by atomic mass is 9.97. The fraction of sp³-hybridized carbons (Fsp3) is 0.368. The Labute approximate surface area is 173 Å². The molecule has 3 rings (SSSR count). The van der Waals surface area contributed by atoms with Gasteiger partial charge in [-0.3, -0.25) is 20.4 Å². The van der Waals surface area contributed by atoms with E-state index in [1.807, 2.05) is 4.90 Å². The molecule has 2 heterocycles. The highest BCUT2D eigenvalue weighted by atomic mass is 35.5. The molecule has 0 spiro atoms. The normalized spacial score (nSPS) is 14.3. The number of carbonyl (C=O) groups excluding carboxylic acids is 2. The van der Waals surface area contributed by atoms with Crippen LogP contribution in [0.5, 0.6) is 0 Å². The van der Waals surface area contributed by atoms with Crippen molar-refractivity contribution in [3.8, 4) is 0 Å². The van der Waals surface area contributed by atoms with Crippen molar-refractivity contribution >= 4 is 40.8 Å². The van der Waals surface area contributed by atoms with E-state index in [9.17, 15) is 9.59 Å². The Morgan fingerprint density at radius 1 is 1.31 bits per heavy atom. The molecular formula is C19H23ClN6O3. The third kappa shape index (κ3) is 5.05. The van der Waals surface area contributed by atoms with Crippen LogP contribution in [0.2, 0.25) is 5.02 Å². The fourth-order valence-electron chi connectivity index (χ4n) is 3.14. The molecule has 9 nitrogen and oxygen atoms in total. The number of nitrogen functional groups attached to an aromatic ring is 1. The molecule has 0 aliphatic carbocycles. The van der Waals surface area contributed by atoms with E-state index in [2.05, 4.69) is 20.8 Å². The summed E-state index contributed by atoms with van der Waals surface area (Å²) in [7, 11) is 0. The highest BCUT2D eigenvalue weighted by Crippen LogP contribution is 2.29. The van der Waals surface area contributed by atoms with E-state index in [1.54, 1.807) is 31.2 Å². The van der Waals surface area contributed by atoms with E-state index in [1.165, 1.54) is 6.33 Å². The number of hydrogen-bond acceptors (Lipinski definition) is 8. The minimum atomic E-state index is -0.373. The predicted molar refractivity (Wildman–Crippen MR) is 111 cm³/mol. The number of hydrogen-bond donors (Lipinski definition) is 3. The van der Waals surface area contributed by atoms with Crippen molar-refractivity contribution in [1.29, 1.82) is 0 Å². The maximum atomic E-state index is 12.3. The molecule has 1 amide bonds. The van der Waals surface area contributed by atoms with E-state index >= 15 is 0 Å². The van der Waals surface area contributed by atoms with Crippen LogP contribution in [0.1, 0.15) is 30.1 Å². The van der Waals surface area contributed by atoms with E-state index in [0.29, 0.717) is 54.6 Å². The van der Waals surface area contributed by atoms with Crippen LogP contribution in [-0.2, 0) is 9.53 Å². The zero-order valence-corrected chi connectivity index (χ0v) is 16.8. The van der Waals surface area contributed by atoms with Crippen molar-refractivity contribution in [3.63, 3.8) is 0 Å².